The Morgan fingerprint density at radius 3 is 2.54 bits per heavy atom. The first kappa shape index (κ1) is 18.9. The van der Waals surface area contributed by atoms with E-state index in [1.165, 1.54) is 6.42 Å². The molecular formula is C16H25Cl2N5O. The smallest absolute Gasteiger partial charge is 0.223 e. The van der Waals surface area contributed by atoms with Crippen molar-refractivity contribution in [3.63, 3.8) is 0 Å². The van der Waals surface area contributed by atoms with Gasteiger partial charge in [-0.15, -0.1) is 0 Å². The zero-order valence-corrected chi connectivity index (χ0v) is 15.7. The molecule has 1 amide bonds. The van der Waals surface area contributed by atoms with Crippen LogP contribution in [-0.2, 0) is 18.4 Å². The topological polar surface area (TPSA) is 70.4 Å². The van der Waals surface area contributed by atoms with Crippen molar-refractivity contribution in [2.24, 2.45) is 18.0 Å². The molecule has 0 spiro atoms. The molecule has 1 aliphatic carbocycles. The summed E-state index contributed by atoms with van der Waals surface area (Å²) in [7, 11) is 3.59. The zero-order chi connectivity index (χ0) is 17.5. The van der Waals surface area contributed by atoms with Gasteiger partial charge in [0.2, 0.25) is 5.91 Å². The molecule has 1 aromatic rings. The average Bonchev–Trinajstić information content (AvgIpc) is 2.75. The second-order valence-corrected chi connectivity index (χ2v) is 6.72. The Morgan fingerprint density at radius 2 is 2.00 bits per heavy atom. The van der Waals surface area contributed by atoms with Gasteiger partial charge >= 0.3 is 0 Å². The van der Waals surface area contributed by atoms with Crippen LogP contribution >= 0.6 is 23.2 Å². The number of hydrogen-bond donors (Lipinski definition) is 3. The molecule has 134 valence electrons. The highest BCUT2D eigenvalue weighted by Crippen LogP contribution is 2.26. The first-order valence-corrected chi connectivity index (χ1v) is 9.00. The first-order chi connectivity index (χ1) is 11.5. The van der Waals surface area contributed by atoms with Crippen LogP contribution < -0.4 is 16.0 Å². The predicted octanol–water partition coefficient (Wildman–Crippen LogP) is 2.30. The van der Waals surface area contributed by atoms with Crippen LogP contribution in [0.15, 0.2) is 11.1 Å². The third-order valence-corrected chi connectivity index (χ3v) is 5.14. The molecule has 1 aliphatic rings. The molecule has 1 heterocycles. The molecule has 0 aliphatic heterocycles. The lowest BCUT2D eigenvalue weighted by Gasteiger charge is -2.24. The molecule has 0 atom stereocenters. The summed E-state index contributed by atoms with van der Waals surface area (Å²) in [5.74, 6) is 1.14. The summed E-state index contributed by atoms with van der Waals surface area (Å²) in [5, 5.41) is 10.5. The average molecular weight is 374 g/mol. The SMILES string of the molecule is CN=C(NCCCNC(=O)C1CCC1)NCc1cc(Cl)c(Cl)n1C. The lowest BCUT2D eigenvalue weighted by Crippen LogP contribution is -2.39. The summed E-state index contributed by atoms with van der Waals surface area (Å²) in [6.07, 6.45) is 4.10. The van der Waals surface area contributed by atoms with Crippen LogP contribution in [0.1, 0.15) is 31.4 Å². The maximum atomic E-state index is 11.7. The second kappa shape index (κ2) is 9.18. The molecule has 0 bridgehead atoms. The van der Waals surface area contributed by atoms with E-state index in [0.29, 0.717) is 29.2 Å². The number of aliphatic imine (C=N–C) groups is 1. The highest BCUT2D eigenvalue weighted by molar-refractivity contribution is 6.41. The molecule has 0 saturated heterocycles. The number of nitrogens with zero attached hydrogens (tertiary/aromatic N) is 2. The van der Waals surface area contributed by atoms with E-state index in [9.17, 15) is 4.79 Å². The summed E-state index contributed by atoms with van der Waals surface area (Å²) in [4.78, 5) is 15.9. The van der Waals surface area contributed by atoms with Crippen LogP contribution in [0.2, 0.25) is 10.2 Å². The van der Waals surface area contributed by atoms with Crippen LogP contribution in [0.5, 0.6) is 0 Å². The van der Waals surface area contributed by atoms with E-state index in [-0.39, 0.29) is 11.8 Å². The summed E-state index contributed by atoms with van der Waals surface area (Å²) in [5.41, 5.74) is 0.973. The summed E-state index contributed by atoms with van der Waals surface area (Å²) in [6, 6.07) is 1.83. The summed E-state index contributed by atoms with van der Waals surface area (Å²) < 4.78 is 1.83. The fourth-order valence-electron chi connectivity index (χ4n) is 2.48. The van der Waals surface area contributed by atoms with Crippen molar-refractivity contribution in [1.82, 2.24) is 20.5 Å². The summed E-state index contributed by atoms with van der Waals surface area (Å²) in [6.45, 7) is 1.99. The number of nitrogens with one attached hydrogen (secondary N) is 3. The number of guanidine groups is 1. The largest absolute Gasteiger partial charge is 0.356 e. The molecule has 2 rings (SSSR count). The third kappa shape index (κ3) is 5.05. The molecule has 1 saturated carbocycles. The molecule has 0 aromatic carbocycles. The van der Waals surface area contributed by atoms with E-state index in [0.717, 1.165) is 31.5 Å². The quantitative estimate of drug-likeness (QED) is 0.390. The van der Waals surface area contributed by atoms with Gasteiger partial charge in [-0.2, -0.15) is 0 Å². The van der Waals surface area contributed by atoms with Crippen molar-refractivity contribution in [3.8, 4) is 0 Å². The van der Waals surface area contributed by atoms with E-state index >= 15 is 0 Å². The predicted molar refractivity (Wildman–Crippen MR) is 98.6 cm³/mol. The fraction of sp³-hybridized carbons (Fsp3) is 0.625. The van der Waals surface area contributed by atoms with Gasteiger partial charge in [0, 0.05) is 38.8 Å². The van der Waals surface area contributed by atoms with Gasteiger partial charge in [0.1, 0.15) is 5.15 Å². The Hall–Kier alpha value is -1.40. The molecular weight excluding hydrogens is 349 g/mol. The summed E-state index contributed by atoms with van der Waals surface area (Å²) >= 11 is 12.1. The van der Waals surface area contributed by atoms with E-state index in [1.807, 2.05) is 17.7 Å². The number of hydrogen-bond acceptors (Lipinski definition) is 2. The molecule has 3 N–H and O–H groups in total. The minimum absolute atomic E-state index is 0.196. The van der Waals surface area contributed by atoms with Gasteiger partial charge in [0.15, 0.2) is 5.96 Å². The molecule has 6 nitrogen and oxygen atoms in total. The lowest BCUT2D eigenvalue weighted by atomic mass is 9.85. The van der Waals surface area contributed by atoms with Gasteiger partial charge in [0.05, 0.1) is 11.6 Å². The van der Waals surface area contributed by atoms with Crippen molar-refractivity contribution < 1.29 is 4.79 Å². The number of rotatable bonds is 7. The maximum Gasteiger partial charge on any atom is 0.223 e. The molecule has 8 heteroatoms. The Balaban J connectivity index is 1.63. The lowest BCUT2D eigenvalue weighted by molar-refractivity contribution is -0.127. The van der Waals surface area contributed by atoms with Crippen molar-refractivity contribution in [2.75, 3.05) is 20.1 Å². The number of aromatic nitrogens is 1. The van der Waals surface area contributed by atoms with E-state index in [2.05, 4.69) is 20.9 Å². The van der Waals surface area contributed by atoms with Gasteiger partial charge < -0.3 is 20.5 Å². The van der Waals surface area contributed by atoms with Crippen LogP contribution in [-0.4, -0.2) is 36.6 Å². The Bertz CT molecular complexity index is 596. The fourth-order valence-corrected chi connectivity index (χ4v) is 2.89. The number of carbonyl (C=O) groups is 1. The van der Waals surface area contributed by atoms with Gasteiger partial charge in [-0.3, -0.25) is 9.79 Å². The highest BCUT2D eigenvalue weighted by Gasteiger charge is 2.24. The number of halogens is 2. The van der Waals surface area contributed by atoms with Crippen LogP contribution in [0.4, 0.5) is 0 Å². The molecule has 24 heavy (non-hydrogen) atoms. The normalized spacial score (nSPS) is 15.1. The van der Waals surface area contributed by atoms with Gasteiger partial charge in [-0.1, -0.05) is 29.6 Å². The number of amides is 1. The van der Waals surface area contributed by atoms with Crippen LogP contribution in [0, 0.1) is 5.92 Å². The molecule has 0 unspecified atom stereocenters. The van der Waals surface area contributed by atoms with Crippen molar-refractivity contribution in [2.45, 2.75) is 32.2 Å². The first-order valence-electron chi connectivity index (χ1n) is 8.24. The van der Waals surface area contributed by atoms with E-state index in [1.54, 1.807) is 7.05 Å². The molecule has 1 fully saturated rings. The Labute approximate surface area is 153 Å². The third-order valence-electron chi connectivity index (χ3n) is 4.30. The van der Waals surface area contributed by atoms with Crippen LogP contribution in [0.3, 0.4) is 0 Å². The number of carbonyl (C=O) groups excluding carboxylic acids is 1. The van der Waals surface area contributed by atoms with E-state index in [4.69, 9.17) is 23.2 Å². The maximum absolute atomic E-state index is 11.7. The molecule has 0 radical (unpaired) electrons. The molecule has 1 aromatic heterocycles. The second-order valence-electron chi connectivity index (χ2n) is 5.96. The van der Waals surface area contributed by atoms with Crippen molar-refractivity contribution in [1.29, 1.82) is 0 Å². The monoisotopic (exact) mass is 373 g/mol. The van der Waals surface area contributed by atoms with Gasteiger partial charge in [-0.05, 0) is 25.3 Å². The highest BCUT2D eigenvalue weighted by atomic mass is 35.5. The van der Waals surface area contributed by atoms with Crippen molar-refractivity contribution in [3.05, 3.63) is 21.9 Å². The van der Waals surface area contributed by atoms with E-state index < -0.39 is 0 Å². The Kier molecular flexibility index (Phi) is 7.24. The minimum atomic E-state index is 0.196. The van der Waals surface area contributed by atoms with Gasteiger partial charge in [0.25, 0.3) is 0 Å². The zero-order valence-electron chi connectivity index (χ0n) is 14.2. The van der Waals surface area contributed by atoms with Crippen molar-refractivity contribution >= 4 is 35.1 Å². The standard InChI is InChI=1S/C16H25Cl2N5O/c1-19-16(22-10-12-9-13(17)14(18)23(12)2)21-8-4-7-20-15(24)11-5-3-6-11/h9,11H,3-8,10H2,1-2H3,(H,20,24)(H2,19,21,22). The van der Waals surface area contributed by atoms with Gasteiger partial charge in [-0.25, -0.2) is 0 Å². The van der Waals surface area contributed by atoms with Crippen LogP contribution in [0.25, 0.3) is 0 Å². The Morgan fingerprint density at radius 1 is 1.29 bits per heavy atom. The minimum Gasteiger partial charge on any atom is -0.356 e.